The number of benzene rings is 3. The minimum atomic E-state index is -0.930. The van der Waals surface area contributed by atoms with Gasteiger partial charge in [0, 0.05) is 22.5 Å². The fraction of sp³-hybridized carbons (Fsp3) is 0.257. The van der Waals surface area contributed by atoms with Crippen molar-refractivity contribution in [2.24, 2.45) is 0 Å². The first-order valence-electron chi connectivity index (χ1n) is 14.1. The number of carboxylic acid groups (broad SMARTS) is 2. The lowest BCUT2D eigenvalue weighted by molar-refractivity contribution is -0.138. The number of aliphatic carboxylic acids is 2. The van der Waals surface area contributed by atoms with Crippen LogP contribution >= 0.6 is 11.6 Å². The average molecular weight is 602 g/mol. The third-order valence-electron chi connectivity index (χ3n) is 7.21. The Labute approximate surface area is 256 Å². The van der Waals surface area contributed by atoms with E-state index in [1.807, 2.05) is 99.7 Å². The molecule has 0 aliphatic heterocycles. The second-order valence-electron chi connectivity index (χ2n) is 10.4. The van der Waals surface area contributed by atoms with Crippen LogP contribution in [0.4, 0.5) is 0 Å². The quantitative estimate of drug-likeness (QED) is 0.113. The smallest absolute Gasteiger partial charge is 0.323 e. The summed E-state index contributed by atoms with van der Waals surface area (Å²) in [5, 5.41) is 20.3. The Morgan fingerprint density at radius 2 is 1.56 bits per heavy atom. The normalized spacial score (nSPS) is 11.5. The van der Waals surface area contributed by atoms with E-state index in [0.29, 0.717) is 31.1 Å². The number of nitrogens with zero attached hydrogens (tertiary/aromatic N) is 1. The van der Waals surface area contributed by atoms with Crippen LogP contribution < -0.4 is 9.47 Å². The second kappa shape index (κ2) is 14.6. The van der Waals surface area contributed by atoms with Crippen LogP contribution in [-0.2, 0) is 22.6 Å². The summed E-state index contributed by atoms with van der Waals surface area (Å²) < 4.78 is 13.5. The molecule has 3 aromatic carbocycles. The first-order valence-corrected chi connectivity index (χ1v) is 14.5. The molecule has 2 N–H and O–H groups in total. The molecule has 43 heavy (non-hydrogen) atoms. The number of fused-ring (bicyclic) bond motifs is 1. The van der Waals surface area contributed by atoms with Crippen LogP contribution in [-0.4, -0.2) is 39.9 Å². The van der Waals surface area contributed by atoms with Crippen molar-refractivity contribution in [1.82, 2.24) is 4.57 Å². The van der Waals surface area contributed by atoms with E-state index >= 15 is 0 Å². The Balaban J connectivity index is 1.40. The molecular formula is C35H36ClNO6. The van der Waals surface area contributed by atoms with Crippen molar-refractivity contribution < 1.29 is 29.3 Å². The summed E-state index contributed by atoms with van der Waals surface area (Å²) in [5.41, 5.74) is 6.54. The lowest BCUT2D eigenvalue weighted by atomic mass is 10.0. The van der Waals surface area contributed by atoms with Gasteiger partial charge >= 0.3 is 11.9 Å². The van der Waals surface area contributed by atoms with Gasteiger partial charge in [0.1, 0.15) is 31.3 Å². The van der Waals surface area contributed by atoms with E-state index in [1.165, 1.54) is 0 Å². The van der Waals surface area contributed by atoms with Gasteiger partial charge in [0.15, 0.2) is 0 Å². The second-order valence-corrected chi connectivity index (χ2v) is 10.8. The van der Waals surface area contributed by atoms with E-state index in [2.05, 4.69) is 0 Å². The predicted octanol–water partition coefficient (Wildman–Crippen LogP) is 7.90. The number of ether oxygens (including phenoxy) is 2. The van der Waals surface area contributed by atoms with Crippen molar-refractivity contribution in [3.8, 4) is 11.5 Å². The Morgan fingerprint density at radius 3 is 2.21 bits per heavy atom. The monoisotopic (exact) mass is 601 g/mol. The van der Waals surface area contributed by atoms with Gasteiger partial charge < -0.3 is 24.3 Å². The van der Waals surface area contributed by atoms with Crippen LogP contribution in [0.15, 0.2) is 66.7 Å². The molecule has 1 heterocycles. The molecule has 0 spiro atoms. The molecule has 0 atom stereocenters. The average Bonchev–Trinajstić information content (AvgIpc) is 3.21. The number of hydrogen-bond acceptors (Lipinski definition) is 4. The van der Waals surface area contributed by atoms with Gasteiger partial charge in [0.25, 0.3) is 0 Å². The molecule has 0 unspecified atom stereocenters. The number of aromatic nitrogens is 1. The number of para-hydroxylation sites is 1. The zero-order valence-corrected chi connectivity index (χ0v) is 25.4. The maximum Gasteiger partial charge on any atom is 0.323 e. The summed E-state index contributed by atoms with van der Waals surface area (Å²) in [6, 6.07) is 17.4. The van der Waals surface area contributed by atoms with Crippen molar-refractivity contribution in [2.45, 2.75) is 46.6 Å². The lowest BCUT2D eigenvalue weighted by Gasteiger charge is -2.11. The molecular weight excluding hydrogens is 566 g/mol. The maximum absolute atomic E-state index is 11.7. The number of rotatable bonds is 14. The number of carbonyl (C=O) groups is 2. The minimum Gasteiger partial charge on any atom is -0.490 e. The Kier molecular flexibility index (Phi) is 10.7. The molecule has 4 aromatic rings. The summed E-state index contributed by atoms with van der Waals surface area (Å²) in [6.07, 6.45) is 8.92. The SMILES string of the molecule is Cc1cc(Cl)cc(C)c1OC/C=C/COc1ccc(/C=C/c2cccc3c(CCCC(=O)O)c(C)n(CC(=O)O)c23)cc1. The molecule has 0 aliphatic rings. The van der Waals surface area contributed by atoms with Gasteiger partial charge in [-0.3, -0.25) is 9.59 Å². The first kappa shape index (κ1) is 31.4. The van der Waals surface area contributed by atoms with E-state index in [-0.39, 0.29) is 13.0 Å². The maximum atomic E-state index is 11.7. The molecule has 0 fully saturated rings. The number of carboxylic acids is 2. The van der Waals surface area contributed by atoms with Crippen LogP contribution in [0.1, 0.15) is 46.4 Å². The summed E-state index contributed by atoms with van der Waals surface area (Å²) in [7, 11) is 0. The van der Waals surface area contributed by atoms with E-state index < -0.39 is 11.9 Å². The highest BCUT2D eigenvalue weighted by molar-refractivity contribution is 6.30. The molecule has 7 nitrogen and oxygen atoms in total. The summed E-state index contributed by atoms with van der Waals surface area (Å²) in [6.45, 7) is 6.52. The van der Waals surface area contributed by atoms with Crippen molar-refractivity contribution in [3.05, 3.63) is 105 Å². The van der Waals surface area contributed by atoms with Gasteiger partial charge in [-0.1, -0.05) is 54.1 Å². The van der Waals surface area contributed by atoms with Crippen molar-refractivity contribution in [1.29, 1.82) is 0 Å². The molecule has 0 aliphatic carbocycles. The fourth-order valence-electron chi connectivity index (χ4n) is 5.23. The molecule has 224 valence electrons. The molecule has 8 heteroatoms. The summed E-state index contributed by atoms with van der Waals surface area (Å²) in [4.78, 5) is 22.7. The zero-order valence-electron chi connectivity index (χ0n) is 24.6. The molecule has 0 bridgehead atoms. The topological polar surface area (TPSA) is 98.0 Å². The van der Waals surface area contributed by atoms with E-state index in [0.717, 1.165) is 55.9 Å². The third kappa shape index (κ3) is 8.30. The summed E-state index contributed by atoms with van der Waals surface area (Å²) >= 11 is 6.08. The van der Waals surface area contributed by atoms with Crippen LogP contribution in [0.3, 0.4) is 0 Å². The predicted molar refractivity (Wildman–Crippen MR) is 171 cm³/mol. The number of aryl methyl sites for hydroxylation is 3. The van der Waals surface area contributed by atoms with Crippen molar-refractivity contribution in [2.75, 3.05) is 13.2 Å². The van der Waals surface area contributed by atoms with Crippen LogP contribution in [0, 0.1) is 20.8 Å². The Morgan fingerprint density at radius 1 is 0.884 bits per heavy atom. The zero-order chi connectivity index (χ0) is 30.9. The minimum absolute atomic E-state index is 0.0683. The highest BCUT2D eigenvalue weighted by Crippen LogP contribution is 2.31. The van der Waals surface area contributed by atoms with Crippen LogP contribution in [0.5, 0.6) is 11.5 Å². The van der Waals surface area contributed by atoms with Crippen molar-refractivity contribution >= 4 is 46.6 Å². The van der Waals surface area contributed by atoms with Crippen molar-refractivity contribution in [3.63, 3.8) is 0 Å². The highest BCUT2D eigenvalue weighted by atomic mass is 35.5. The first-order chi connectivity index (χ1) is 20.6. The number of halogens is 1. The molecule has 0 saturated carbocycles. The highest BCUT2D eigenvalue weighted by Gasteiger charge is 2.18. The van der Waals surface area contributed by atoms with E-state index in [4.69, 9.17) is 26.2 Å². The standard InChI is InChI=1S/C35H36ClNO6/c1-23-20-28(36)21-24(2)35(23)43-19-5-4-18-42-29-16-13-26(14-17-29)12-15-27-8-6-10-31-30(9-7-11-32(38)39)25(3)37(34(27)31)22-33(40)41/h4-6,8,10,12-17,20-21H,7,9,11,18-19,22H2,1-3H3,(H,38,39)(H,40,41)/b5-4+,15-12+. The molecule has 1 aromatic heterocycles. The van der Waals surface area contributed by atoms with E-state index in [1.54, 1.807) is 4.57 Å². The van der Waals surface area contributed by atoms with Crippen LogP contribution in [0.2, 0.25) is 5.02 Å². The van der Waals surface area contributed by atoms with Gasteiger partial charge in [-0.05, 0) is 97.8 Å². The molecule has 4 rings (SSSR count). The lowest BCUT2D eigenvalue weighted by Crippen LogP contribution is -2.10. The number of hydrogen-bond donors (Lipinski definition) is 2. The van der Waals surface area contributed by atoms with E-state index in [9.17, 15) is 14.7 Å². The largest absolute Gasteiger partial charge is 0.490 e. The van der Waals surface area contributed by atoms with Crippen LogP contribution in [0.25, 0.3) is 23.1 Å². The third-order valence-corrected chi connectivity index (χ3v) is 7.43. The van der Waals surface area contributed by atoms with Gasteiger partial charge in [0.05, 0.1) is 5.52 Å². The van der Waals surface area contributed by atoms with Gasteiger partial charge in [-0.15, -0.1) is 0 Å². The Bertz CT molecular complexity index is 1640. The van der Waals surface area contributed by atoms with Gasteiger partial charge in [0.2, 0.25) is 0 Å². The molecule has 0 saturated heterocycles. The Hall–Kier alpha value is -4.49. The van der Waals surface area contributed by atoms with Gasteiger partial charge in [-0.25, -0.2) is 0 Å². The summed E-state index contributed by atoms with van der Waals surface area (Å²) in [5.74, 6) is -0.184. The fourth-order valence-corrected chi connectivity index (χ4v) is 5.56. The molecule has 0 amide bonds. The molecule has 0 radical (unpaired) electrons. The van der Waals surface area contributed by atoms with Gasteiger partial charge in [-0.2, -0.15) is 0 Å².